The lowest BCUT2D eigenvalue weighted by Gasteiger charge is -2.14. The van der Waals surface area contributed by atoms with Crippen molar-refractivity contribution in [1.82, 2.24) is 0 Å². The van der Waals surface area contributed by atoms with Crippen LogP contribution >= 0.6 is 0 Å². The molecule has 1 aromatic carbocycles. The molecule has 0 amide bonds. The van der Waals surface area contributed by atoms with Gasteiger partial charge >= 0.3 is 0 Å². The highest BCUT2D eigenvalue weighted by atomic mass is 16.5. The van der Waals surface area contributed by atoms with Gasteiger partial charge in [-0.25, -0.2) is 0 Å². The highest BCUT2D eigenvalue weighted by molar-refractivity contribution is 5.80. The number of benzene rings is 1. The van der Waals surface area contributed by atoms with Crippen LogP contribution < -0.4 is 9.47 Å². The molecule has 3 nitrogen and oxygen atoms in total. The molecule has 3 heteroatoms. The van der Waals surface area contributed by atoms with E-state index >= 15 is 0 Å². The van der Waals surface area contributed by atoms with Crippen molar-refractivity contribution in [3.63, 3.8) is 0 Å². The molecule has 0 N–H and O–H groups in total. The van der Waals surface area contributed by atoms with Crippen LogP contribution in [-0.2, 0) is 0 Å². The van der Waals surface area contributed by atoms with Gasteiger partial charge in [0.1, 0.15) is 11.5 Å². The molecule has 0 heterocycles. The predicted molar refractivity (Wildman–Crippen MR) is 59.0 cm³/mol. The Kier molecular flexibility index (Phi) is 3.72. The third kappa shape index (κ3) is 2.29. The number of carbonyl (C=O) groups is 1. The van der Waals surface area contributed by atoms with Gasteiger partial charge in [0.15, 0.2) is 6.29 Å². The van der Waals surface area contributed by atoms with Gasteiger partial charge in [0.25, 0.3) is 0 Å². The first-order valence-corrected chi connectivity index (χ1v) is 4.85. The second-order valence-corrected chi connectivity index (χ2v) is 3.61. The molecule has 0 saturated heterocycles. The second kappa shape index (κ2) is 4.82. The Balaban J connectivity index is 3.33. The van der Waals surface area contributed by atoms with Crippen LogP contribution in [0.1, 0.15) is 35.7 Å². The van der Waals surface area contributed by atoms with Gasteiger partial charge < -0.3 is 9.47 Å². The Hall–Kier alpha value is -1.51. The van der Waals surface area contributed by atoms with Crippen LogP contribution in [0.5, 0.6) is 11.5 Å². The zero-order chi connectivity index (χ0) is 11.4. The first-order chi connectivity index (χ1) is 7.13. The first kappa shape index (κ1) is 11.6. The molecule has 0 unspecified atom stereocenters. The fourth-order valence-electron chi connectivity index (χ4n) is 1.49. The molecule has 0 spiro atoms. The summed E-state index contributed by atoms with van der Waals surface area (Å²) in [6, 6.07) is 3.56. The van der Waals surface area contributed by atoms with Crippen LogP contribution in [0.2, 0.25) is 0 Å². The van der Waals surface area contributed by atoms with E-state index in [-0.39, 0.29) is 0 Å². The van der Waals surface area contributed by atoms with Crippen molar-refractivity contribution in [3.05, 3.63) is 23.3 Å². The number of hydrogen-bond acceptors (Lipinski definition) is 3. The van der Waals surface area contributed by atoms with Crippen LogP contribution in [0, 0.1) is 0 Å². The van der Waals surface area contributed by atoms with E-state index in [2.05, 4.69) is 13.8 Å². The Bertz CT molecular complexity index is 356. The van der Waals surface area contributed by atoms with Gasteiger partial charge in [-0.3, -0.25) is 4.79 Å². The molecule has 0 radical (unpaired) electrons. The van der Waals surface area contributed by atoms with E-state index in [1.807, 2.05) is 6.07 Å². The quantitative estimate of drug-likeness (QED) is 0.713. The third-order valence-electron chi connectivity index (χ3n) is 2.33. The van der Waals surface area contributed by atoms with E-state index in [9.17, 15) is 4.79 Å². The number of hydrogen-bond donors (Lipinski definition) is 0. The molecule has 82 valence electrons. The second-order valence-electron chi connectivity index (χ2n) is 3.61. The van der Waals surface area contributed by atoms with Gasteiger partial charge in [0, 0.05) is 5.56 Å². The Labute approximate surface area is 90.0 Å². The molecule has 0 fully saturated rings. The fraction of sp³-hybridized carbons (Fsp3) is 0.417. The average Bonchev–Trinajstić information content (AvgIpc) is 2.26. The molecular formula is C12H16O3. The largest absolute Gasteiger partial charge is 0.496 e. The molecule has 0 aliphatic rings. The normalized spacial score (nSPS) is 10.2. The third-order valence-corrected chi connectivity index (χ3v) is 2.33. The van der Waals surface area contributed by atoms with E-state index < -0.39 is 0 Å². The SMILES string of the molecule is COc1cc(C(C)C)c(OC)cc1C=O. The van der Waals surface area contributed by atoms with Gasteiger partial charge in [-0.05, 0) is 18.1 Å². The van der Waals surface area contributed by atoms with E-state index in [0.29, 0.717) is 17.2 Å². The van der Waals surface area contributed by atoms with Gasteiger partial charge in [-0.1, -0.05) is 13.8 Å². The van der Waals surface area contributed by atoms with Crippen molar-refractivity contribution in [2.45, 2.75) is 19.8 Å². The molecule has 0 aromatic heterocycles. The predicted octanol–water partition coefficient (Wildman–Crippen LogP) is 2.64. The number of carbonyl (C=O) groups excluding carboxylic acids is 1. The molecule has 0 aliphatic carbocycles. The van der Waals surface area contributed by atoms with E-state index in [1.54, 1.807) is 20.3 Å². The summed E-state index contributed by atoms with van der Waals surface area (Å²) in [6.45, 7) is 4.13. The van der Waals surface area contributed by atoms with Crippen molar-refractivity contribution in [1.29, 1.82) is 0 Å². The highest BCUT2D eigenvalue weighted by Gasteiger charge is 2.12. The van der Waals surface area contributed by atoms with Gasteiger partial charge in [0.05, 0.1) is 19.8 Å². The minimum Gasteiger partial charge on any atom is -0.496 e. The lowest BCUT2D eigenvalue weighted by Crippen LogP contribution is -1.99. The summed E-state index contributed by atoms with van der Waals surface area (Å²) in [7, 11) is 3.15. The van der Waals surface area contributed by atoms with Crippen LogP contribution in [0.3, 0.4) is 0 Å². The van der Waals surface area contributed by atoms with Crippen LogP contribution in [0.15, 0.2) is 12.1 Å². The highest BCUT2D eigenvalue weighted by Crippen LogP contribution is 2.32. The Morgan fingerprint density at radius 1 is 1.13 bits per heavy atom. The monoisotopic (exact) mass is 208 g/mol. The van der Waals surface area contributed by atoms with Gasteiger partial charge in [-0.15, -0.1) is 0 Å². The van der Waals surface area contributed by atoms with E-state index in [1.165, 1.54) is 0 Å². The molecule has 1 rings (SSSR count). The maximum Gasteiger partial charge on any atom is 0.153 e. The molecular weight excluding hydrogens is 192 g/mol. The summed E-state index contributed by atoms with van der Waals surface area (Å²) in [6.07, 6.45) is 0.769. The molecule has 0 bridgehead atoms. The number of ether oxygens (including phenoxy) is 2. The summed E-state index contributed by atoms with van der Waals surface area (Å²) in [5, 5.41) is 0. The number of aldehydes is 1. The molecule has 0 saturated carbocycles. The minimum atomic E-state index is 0.328. The van der Waals surface area contributed by atoms with Gasteiger partial charge in [0.2, 0.25) is 0 Å². The molecule has 1 aromatic rings. The standard InChI is InChI=1S/C12H16O3/c1-8(2)10-6-11(14-3)9(7-13)5-12(10)15-4/h5-8H,1-4H3. The topological polar surface area (TPSA) is 35.5 Å². The van der Waals surface area contributed by atoms with Crippen molar-refractivity contribution < 1.29 is 14.3 Å². The summed E-state index contributed by atoms with van der Waals surface area (Å²) >= 11 is 0. The number of rotatable bonds is 4. The summed E-state index contributed by atoms with van der Waals surface area (Å²) in [5.74, 6) is 1.65. The van der Waals surface area contributed by atoms with Crippen LogP contribution in [0.4, 0.5) is 0 Å². The van der Waals surface area contributed by atoms with Crippen LogP contribution in [0.25, 0.3) is 0 Å². The molecule has 15 heavy (non-hydrogen) atoms. The molecule has 0 atom stereocenters. The van der Waals surface area contributed by atoms with E-state index in [0.717, 1.165) is 17.6 Å². The maximum absolute atomic E-state index is 10.8. The smallest absolute Gasteiger partial charge is 0.153 e. The van der Waals surface area contributed by atoms with E-state index in [4.69, 9.17) is 9.47 Å². The lowest BCUT2D eigenvalue weighted by molar-refractivity contribution is 0.112. The summed E-state index contributed by atoms with van der Waals surface area (Å²) in [4.78, 5) is 10.8. The zero-order valence-corrected chi connectivity index (χ0v) is 9.53. The lowest BCUT2D eigenvalue weighted by atomic mass is 10.00. The van der Waals surface area contributed by atoms with Gasteiger partial charge in [-0.2, -0.15) is 0 Å². The molecule has 0 aliphatic heterocycles. The Morgan fingerprint density at radius 2 is 1.73 bits per heavy atom. The fourth-order valence-corrected chi connectivity index (χ4v) is 1.49. The summed E-state index contributed by atoms with van der Waals surface area (Å²) < 4.78 is 10.4. The summed E-state index contributed by atoms with van der Waals surface area (Å²) in [5.41, 5.74) is 1.55. The van der Waals surface area contributed by atoms with Crippen molar-refractivity contribution >= 4 is 6.29 Å². The van der Waals surface area contributed by atoms with Crippen LogP contribution in [-0.4, -0.2) is 20.5 Å². The Morgan fingerprint density at radius 3 is 2.13 bits per heavy atom. The zero-order valence-electron chi connectivity index (χ0n) is 9.53. The van der Waals surface area contributed by atoms with Crippen molar-refractivity contribution in [3.8, 4) is 11.5 Å². The first-order valence-electron chi connectivity index (χ1n) is 4.85. The maximum atomic E-state index is 10.8. The number of methoxy groups -OCH3 is 2. The average molecular weight is 208 g/mol. The van der Waals surface area contributed by atoms with Crippen molar-refractivity contribution in [2.75, 3.05) is 14.2 Å². The minimum absolute atomic E-state index is 0.328. The van der Waals surface area contributed by atoms with Crippen molar-refractivity contribution in [2.24, 2.45) is 0 Å².